The van der Waals surface area contributed by atoms with Crippen molar-refractivity contribution in [1.29, 1.82) is 0 Å². The predicted molar refractivity (Wildman–Crippen MR) is 110 cm³/mol. The van der Waals surface area contributed by atoms with Crippen LogP contribution in [0.15, 0.2) is 42.5 Å². The molecule has 31 heavy (non-hydrogen) atoms. The minimum Gasteiger partial charge on any atom is -0.455 e. The average Bonchev–Trinajstić information content (AvgIpc) is 3.32. The first-order valence-electron chi connectivity index (χ1n) is 10.7. The molecule has 2 aliphatic carbocycles. The van der Waals surface area contributed by atoms with Crippen LogP contribution in [-0.4, -0.2) is 24.3 Å². The van der Waals surface area contributed by atoms with Gasteiger partial charge in [0.05, 0.1) is 5.41 Å². The summed E-state index contributed by atoms with van der Waals surface area (Å²) in [6.45, 7) is -0.389. The summed E-state index contributed by atoms with van der Waals surface area (Å²) in [5.41, 5.74) is 0.486. The van der Waals surface area contributed by atoms with E-state index >= 15 is 0 Å². The van der Waals surface area contributed by atoms with Gasteiger partial charge in [0.15, 0.2) is 18.1 Å². The van der Waals surface area contributed by atoms with Crippen molar-refractivity contribution < 1.29 is 28.2 Å². The monoisotopic (exact) mass is 425 g/mol. The van der Waals surface area contributed by atoms with Crippen molar-refractivity contribution in [3.8, 4) is 11.5 Å². The summed E-state index contributed by atoms with van der Waals surface area (Å²) in [5, 5.41) is 2.74. The van der Waals surface area contributed by atoms with Crippen molar-refractivity contribution in [2.75, 3.05) is 11.9 Å². The molecule has 2 aromatic carbocycles. The summed E-state index contributed by atoms with van der Waals surface area (Å²) in [6, 6.07) is 11.1. The third-order valence-corrected chi connectivity index (χ3v) is 6.51. The lowest BCUT2D eigenvalue weighted by Gasteiger charge is -2.39. The first kappa shape index (κ1) is 19.8. The van der Waals surface area contributed by atoms with Crippen LogP contribution in [0.25, 0.3) is 0 Å². The molecule has 7 heteroatoms. The molecule has 0 saturated heterocycles. The van der Waals surface area contributed by atoms with Gasteiger partial charge in [0.25, 0.3) is 11.7 Å². The molecular weight excluding hydrogens is 401 g/mol. The summed E-state index contributed by atoms with van der Waals surface area (Å²) in [6.07, 6.45) is 6.00. The lowest BCUT2D eigenvalue weighted by molar-refractivity contribution is -0.156. The SMILES string of the molecule is O=C(COC(=O)C1(c2ccc(F)cc2)CCC1)Nc1ccc2c(c1)OC1(CCCC1)O2. The summed E-state index contributed by atoms with van der Waals surface area (Å²) < 4.78 is 30.6. The largest absolute Gasteiger partial charge is 0.455 e. The van der Waals surface area contributed by atoms with Gasteiger partial charge >= 0.3 is 5.97 Å². The number of anilines is 1. The highest BCUT2D eigenvalue weighted by Crippen LogP contribution is 2.47. The molecular formula is C24H24FNO5. The number of fused-ring (bicyclic) bond motifs is 1. The highest BCUT2D eigenvalue weighted by Gasteiger charge is 2.47. The van der Waals surface area contributed by atoms with E-state index in [0.717, 1.165) is 37.7 Å². The summed E-state index contributed by atoms with van der Waals surface area (Å²) in [7, 11) is 0. The normalized spacial score (nSPS) is 19.6. The zero-order valence-corrected chi connectivity index (χ0v) is 17.1. The minimum absolute atomic E-state index is 0.353. The summed E-state index contributed by atoms with van der Waals surface area (Å²) in [4.78, 5) is 25.1. The molecule has 1 aliphatic heterocycles. The van der Waals surface area contributed by atoms with Crippen molar-refractivity contribution in [2.24, 2.45) is 0 Å². The Labute approximate surface area is 179 Å². The Kier molecular flexibility index (Phi) is 4.84. The van der Waals surface area contributed by atoms with Crippen LogP contribution in [0, 0.1) is 5.82 Å². The first-order valence-corrected chi connectivity index (χ1v) is 10.7. The van der Waals surface area contributed by atoms with Crippen LogP contribution in [0.2, 0.25) is 0 Å². The molecule has 1 heterocycles. The summed E-state index contributed by atoms with van der Waals surface area (Å²) >= 11 is 0. The second-order valence-corrected chi connectivity index (χ2v) is 8.55. The Hall–Kier alpha value is -3.09. The van der Waals surface area contributed by atoms with Gasteiger partial charge in [-0.2, -0.15) is 0 Å². The number of carbonyl (C=O) groups is 2. The maximum absolute atomic E-state index is 13.2. The number of benzene rings is 2. The van der Waals surface area contributed by atoms with E-state index in [0.29, 0.717) is 30.0 Å². The Morgan fingerprint density at radius 1 is 0.935 bits per heavy atom. The zero-order chi connectivity index (χ0) is 21.5. The van der Waals surface area contributed by atoms with Crippen LogP contribution in [0.5, 0.6) is 11.5 Å². The van der Waals surface area contributed by atoms with Gasteiger partial charge in [-0.05, 0) is 55.5 Å². The van der Waals surface area contributed by atoms with Crippen LogP contribution >= 0.6 is 0 Å². The van der Waals surface area contributed by atoms with Gasteiger partial charge in [0.2, 0.25) is 0 Å². The molecule has 0 radical (unpaired) electrons. The quantitative estimate of drug-likeness (QED) is 0.716. The fourth-order valence-electron chi connectivity index (χ4n) is 4.67. The van der Waals surface area contributed by atoms with Crippen molar-refractivity contribution in [3.05, 3.63) is 53.8 Å². The van der Waals surface area contributed by atoms with Crippen LogP contribution in [0.4, 0.5) is 10.1 Å². The molecule has 1 N–H and O–H groups in total. The molecule has 2 aromatic rings. The van der Waals surface area contributed by atoms with E-state index in [-0.39, 0.29) is 12.4 Å². The molecule has 0 unspecified atom stereocenters. The molecule has 2 fully saturated rings. The molecule has 6 nitrogen and oxygen atoms in total. The second kappa shape index (κ2) is 7.55. The van der Waals surface area contributed by atoms with Crippen molar-refractivity contribution in [3.63, 3.8) is 0 Å². The number of nitrogens with one attached hydrogen (secondary N) is 1. The summed E-state index contributed by atoms with van der Waals surface area (Å²) in [5.74, 6) is -0.504. The van der Waals surface area contributed by atoms with Crippen LogP contribution < -0.4 is 14.8 Å². The second-order valence-electron chi connectivity index (χ2n) is 8.55. The molecule has 1 amide bonds. The third-order valence-electron chi connectivity index (χ3n) is 6.51. The van der Waals surface area contributed by atoms with E-state index in [2.05, 4.69) is 5.32 Å². The molecule has 0 atom stereocenters. The van der Waals surface area contributed by atoms with Crippen LogP contribution in [-0.2, 0) is 19.7 Å². The van der Waals surface area contributed by atoms with Crippen LogP contribution in [0.1, 0.15) is 50.5 Å². The Morgan fingerprint density at radius 3 is 2.32 bits per heavy atom. The van der Waals surface area contributed by atoms with Crippen molar-refractivity contribution in [1.82, 2.24) is 0 Å². The maximum Gasteiger partial charge on any atom is 0.317 e. The van der Waals surface area contributed by atoms with E-state index in [9.17, 15) is 14.0 Å². The number of ether oxygens (including phenoxy) is 3. The van der Waals surface area contributed by atoms with E-state index in [1.54, 1.807) is 30.3 Å². The molecule has 2 saturated carbocycles. The highest BCUT2D eigenvalue weighted by atomic mass is 19.1. The van der Waals surface area contributed by atoms with E-state index in [1.165, 1.54) is 12.1 Å². The van der Waals surface area contributed by atoms with Crippen molar-refractivity contribution in [2.45, 2.75) is 56.1 Å². The topological polar surface area (TPSA) is 73.9 Å². The third kappa shape index (κ3) is 3.62. The highest BCUT2D eigenvalue weighted by molar-refractivity contribution is 5.94. The lowest BCUT2D eigenvalue weighted by atomic mass is 9.64. The number of hydrogen-bond acceptors (Lipinski definition) is 5. The number of halogens is 1. The van der Waals surface area contributed by atoms with Gasteiger partial charge in [-0.3, -0.25) is 9.59 Å². The number of carbonyl (C=O) groups excluding carboxylic acids is 2. The molecule has 0 aromatic heterocycles. The minimum atomic E-state index is -0.789. The Balaban J connectivity index is 1.19. The molecule has 1 spiro atoms. The van der Waals surface area contributed by atoms with Gasteiger partial charge in [0, 0.05) is 24.6 Å². The molecule has 5 rings (SSSR count). The van der Waals surface area contributed by atoms with Gasteiger partial charge in [-0.15, -0.1) is 0 Å². The van der Waals surface area contributed by atoms with Gasteiger partial charge in [0.1, 0.15) is 5.82 Å². The van der Waals surface area contributed by atoms with Crippen molar-refractivity contribution >= 4 is 17.6 Å². The Bertz CT molecular complexity index is 1010. The number of amides is 1. The van der Waals surface area contributed by atoms with Gasteiger partial charge < -0.3 is 19.5 Å². The molecule has 0 bridgehead atoms. The lowest BCUT2D eigenvalue weighted by Crippen LogP contribution is -2.44. The standard InChI is InChI=1S/C24H24FNO5/c25-17-6-4-16(5-7-17)23(10-3-11-23)22(28)29-15-21(27)26-18-8-9-19-20(14-18)31-24(30-19)12-1-2-13-24/h4-9,14H,1-3,10-13,15H2,(H,26,27). The van der Waals surface area contributed by atoms with E-state index in [1.807, 2.05) is 0 Å². The number of hydrogen-bond donors (Lipinski definition) is 1. The van der Waals surface area contributed by atoms with E-state index in [4.69, 9.17) is 14.2 Å². The van der Waals surface area contributed by atoms with Gasteiger partial charge in [-0.1, -0.05) is 18.6 Å². The zero-order valence-electron chi connectivity index (χ0n) is 17.1. The first-order chi connectivity index (χ1) is 15.0. The number of esters is 1. The average molecular weight is 425 g/mol. The Morgan fingerprint density at radius 2 is 1.65 bits per heavy atom. The molecule has 3 aliphatic rings. The maximum atomic E-state index is 13.2. The van der Waals surface area contributed by atoms with E-state index < -0.39 is 23.1 Å². The predicted octanol–water partition coefficient (Wildman–Crippen LogP) is 4.47. The smallest absolute Gasteiger partial charge is 0.317 e. The number of rotatable bonds is 5. The van der Waals surface area contributed by atoms with Crippen LogP contribution in [0.3, 0.4) is 0 Å². The fraction of sp³-hybridized carbons (Fsp3) is 0.417. The van der Waals surface area contributed by atoms with Gasteiger partial charge in [-0.25, -0.2) is 4.39 Å². The fourth-order valence-corrected chi connectivity index (χ4v) is 4.67. The molecule has 162 valence electrons.